The standard InChI is InChI=1S/C21H26ClNO4/c22-18-6-3-5-17(15-18)16-20(25)10-9-19-7-4-8-21(26)23(19)11-1-2-13-27-14-12-24/h3,5-6,9-10,15,19-20,24-25H,4,7-8,11-14,16H2/b10-9+/t19?,20-/m0/s1. The van der Waals surface area contributed by atoms with Gasteiger partial charge in [0.15, 0.2) is 0 Å². The maximum atomic E-state index is 12.2. The van der Waals surface area contributed by atoms with Crippen molar-refractivity contribution in [3.8, 4) is 11.8 Å². The van der Waals surface area contributed by atoms with E-state index in [2.05, 4.69) is 11.8 Å². The zero-order valence-electron chi connectivity index (χ0n) is 15.3. The van der Waals surface area contributed by atoms with Crippen molar-refractivity contribution in [3.05, 3.63) is 47.0 Å². The number of amides is 1. The van der Waals surface area contributed by atoms with Crippen molar-refractivity contribution in [2.75, 3.05) is 26.4 Å². The fraction of sp³-hybridized carbons (Fsp3) is 0.476. The van der Waals surface area contributed by atoms with Crippen LogP contribution in [0.3, 0.4) is 0 Å². The molecule has 1 aliphatic rings. The number of halogens is 1. The van der Waals surface area contributed by atoms with Gasteiger partial charge in [-0.15, -0.1) is 0 Å². The Balaban J connectivity index is 1.90. The van der Waals surface area contributed by atoms with Crippen LogP contribution in [0.25, 0.3) is 0 Å². The molecule has 27 heavy (non-hydrogen) atoms. The molecule has 0 saturated carbocycles. The molecule has 1 saturated heterocycles. The molecular weight excluding hydrogens is 366 g/mol. The highest BCUT2D eigenvalue weighted by Gasteiger charge is 2.25. The van der Waals surface area contributed by atoms with Crippen molar-refractivity contribution in [2.24, 2.45) is 0 Å². The highest BCUT2D eigenvalue weighted by molar-refractivity contribution is 6.30. The third-order valence-corrected chi connectivity index (χ3v) is 4.52. The molecule has 0 bridgehead atoms. The van der Waals surface area contributed by atoms with Gasteiger partial charge in [0.25, 0.3) is 0 Å². The Bertz CT molecular complexity index is 695. The van der Waals surface area contributed by atoms with Crippen LogP contribution in [-0.2, 0) is 16.0 Å². The highest BCUT2D eigenvalue weighted by Crippen LogP contribution is 2.19. The van der Waals surface area contributed by atoms with Gasteiger partial charge in [-0.25, -0.2) is 0 Å². The van der Waals surface area contributed by atoms with Gasteiger partial charge in [-0.3, -0.25) is 4.79 Å². The predicted molar refractivity (Wildman–Crippen MR) is 105 cm³/mol. The number of carbonyl (C=O) groups excluding carboxylic acids is 1. The molecule has 1 heterocycles. The van der Waals surface area contributed by atoms with Crippen LogP contribution in [0.2, 0.25) is 5.02 Å². The molecule has 2 rings (SSSR count). The average molecular weight is 392 g/mol. The van der Waals surface area contributed by atoms with Crippen molar-refractivity contribution < 1.29 is 19.7 Å². The molecule has 1 aliphatic heterocycles. The van der Waals surface area contributed by atoms with Crippen LogP contribution in [-0.4, -0.2) is 59.5 Å². The summed E-state index contributed by atoms with van der Waals surface area (Å²) in [5, 5.41) is 19.6. The lowest BCUT2D eigenvalue weighted by Crippen LogP contribution is -2.42. The van der Waals surface area contributed by atoms with E-state index in [4.69, 9.17) is 21.4 Å². The molecular formula is C21H26ClNO4. The van der Waals surface area contributed by atoms with Crippen molar-refractivity contribution in [2.45, 2.75) is 37.8 Å². The summed E-state index contributed by atoms with van der Waals surface area (Å²) in [5.74, 6) is 5.87. The molecule has 146 valence electrons. The molecule has 5 nitrogen and oxygen atoms in total. The molecule has 6 heteroatoms. The predicted octanol–water partition coefficient (Wildman–Crippen LogP) is 2.19. The first-order chi connectivity index (χ1) is 13.1. The van der Waals surface area contributed by atoms with Crippen LogP contribution in [0, 0.1) is 11.8 Å². The topological polar surface area (TPSA) is 70.0 Å². The fourth-order valence-corrected chi connectivity index (χ4v) is 3.18. The number of hydrogen-bond donors (Lipinski definition) is 2. The number of likely N-dealkylation sites (tertiary alicyclic amines) is 1. The lowest BCUT2D eigenvalue weighted by atomic mass is 9.99. The van der Waals surface area contributed by atoms with E-state index in [1.54, 1.807) is 17.0 Å². The van der Waals surface area contributed by atoms with Crippen LogP contribution >= 0.6 is 11.6 Å². The maximum Gasteiger partial charge on any atom is 0.223 e. The molecule has 0 aromatic heterocycles. The molecule has 1 aromatic carbocycles. The van der Waals surface area contributed by atoms with E-state index in [9.17, 15) is 9.90 Å². The number of carbonyl (C=O) groups is 1. The second-order valence-electron chi connectivity index (χ2n) is 6.40. The van der Waals surface area contributed by atoms with E-state index in [-0.39, 0.29) is 31.8 Å². The van der Waals surface area contributed by atoms with E-state index in [0.717, 1.165) is 18.4 Å². The van der Waals surface area contributed by atoms with Gasteiger partial charge in [-0.2, -0.15) is 0 Å². The third-order valence-electron chi connectivity index (χ3n) is 4.28. The maximum absolute atomic E-state index is 12.2. The normalized spacial score (nSPS) is 18.4. The van der Waals surface area contributed by atoms with E-state index >= 15 is 0 Å². The summed E-state index contributed by atoms with van der Waals surface area (Å²) in [7, 11) is 0. The van der Waals surface area contributed by atoms with Crippen LogP contribution in [0.5, 0.6) is 0 Å². The summed E-state index contributed by atoms with van der Waals surface area (Å²) in [6.07, 6.45) is 5.69. The zero-order valence-corrected chi connectivity index (χ0v) is 16.1. The highest BCUT2D eigenvalue weighted by atomic mass is 35.5. The SMILES string of the molecule is O=C1CCCC(/C=C/[C@H](O)Cc2cccc(Cl)c2)N1CC#CCOCCO. The van der Waals surface area contributed by atoms with Crippen LogP contribution in [0.1, 0.15) is 24.8 Å². The summed E-state index contributed by atoms with van der Waals surface area (Å²) < 4.78 is 5.09. The molecule has 0 spiro atoms. The lowest BCUT2D eigenvalue weighted by molar-refractivity contribution is -0.134. The first kappa shape index (κ1) is 21.5. The van der Waals surface area contributed by atoms with Gasteiger partial charge in [-0.1, -0.05) is 47.7 Å². The molecule has 1 unspecified atom stereocenters. The number of aliphatic hydroxyl groups excluding tert-OH is 2. The van der Waals surface area contributed by atoms with E-state index in [1.165, 1.54) is 0 Å². The molecule has 1 aromatic rings. The average Bonchev–Trinajstić information content (AvgIpc) is 2.64. The number of ether oxygens (including phenoxy) is 1. The molecule has 1 amide bonds. The van der Waals surface area contributed by atoms with Crippen LogP contribution in [0.15, 0.2) is 36.4 Å². The second kappa shape index (κ2) is 11.8. The van der Waals surface area contributed by atoms with Crippen molar-refractivity contribution in [1.29, 1.82) is 0 Å². The number of benzene rings is 1. The molecule has 0 aliphatic carbocycles. The van der Waals surface area contributed by atoms with Crippen LogP contribution in [0.4, 0.5) is 0 Å². The van der Waals surface area contributed by atoms with E-state index in [1.807, 2.05) is 24.3 Å². The zero-order chi connectivity index (χ0) is 19.5. The largest absolute Gasteiger partial charge is 0.394 e. The van der Waals surface area contributed by atoms with E-state index < -0.39 is 6.10 Å². The van der Waals surface area contributed by atoms with Crippen molar-refractivity contribution in [3.63, 3.8) is 0 Å². The van der Waals surface area contributed by atoms with Crippen molar-refractivity contribution in [1.82, 2.24) is 4.90 Å². The number of nitrogens with zero attached hydrogens (tertiary/aromatic N) is 1. The molecule has 2 atom stereocenters. The van der Waals surface area contributed by atoms with Gasteiger partial charge in [0.05, 0.1) is 31.9 Å². The monoisotopic (exact) mass is 391 g/mol. The van der Waals surface area contributed by atoms with Gasteiger partial charge in [0.2, 0.25) is 5.91 Å². The minimum atomic E-state index is -0.639. The molecule has 0 radical (unpaired) electrons. The smallest absolute Gasteiger partial charge is 0.223 e. The number of rotatable bonds is 8. The van der Waals surface area contributed by atoms with Gasteiger partial charge in [0, 0.05) is 17.9 Å². The minimum Gasteiger partial charge on any atom is -0.394 e. The number of aliphatic hydroxyl groups is 2. The van der Waals surface area contributed by atoms with Crippen molar-refractivity contribution >= 4 is 17.5 Å². The summed E-state index contributed by atoms with van der Waals surface area (Å²) in [6.45, 7) is 0.798. The Morgan fingerprint density at radius 3 is 3.04 bits per heavy atom. The van der Waals surface area contributed by atoms with Gasteiger partial charge in [0.1, 0.15) is 6.61 Å². The summed E-state index contributed by atoms with van der Waals surface area (Å²) in [5.41, 5.74) is 0.963. The van der Waals surface area contributed by atoms with Gasteiger partial charge in [-0.05, 0) is 30.5 Å². The number of piperidine rings is 1. The lowest BCUT2D eigenvalue weighted by Gasteiger charge is -2.32. The second-order valence-corrected chi connectivity index (χ2v) is 6.83. The van der Waals surface area contributed by atoms with Gasteiger partial charge < -0.3 is 19.8 Å². The quantitative estimate of drug-likeness (QED) is 0.405. The minimum absolute atomic E-state index is 0.0311. The van der Waals surface area contributed by atoms with E-state index in [0.29, 0.717) is 24.4 Å². The third kappa shape index (κ3) is 7.74. The summed E-state index contributed by atoms with van der Waals surface area (Å²) >= 11 is 5.97. The Labute approximate surface area is 165 Å². The fourth-order valence-electron chi connectivity index (χ4n) is 2.96. The molecule has 1 fully saturated rings. The van der Waals surface area contributed by atoms with Crippen LogP contribution < -0.4 is 0 Å². The molecule has 2 N–H and O–H groups in total. The Kier molecular flexibility index (Phi) is 9.37. The Morgan fingerprint density at radius 2 is 2.26 bits per heavy atom. The number of hydrogen-bond acceptors (Lipinski definition) is 4. The summed E-state index contributed by atoms with van der Waals surface area (Å²) in [4.78, 5) is 14.0. The first-order valence-electron chi connectivity index (χ1n) is 9.14. The first-order valence-corrected chi connectivity index (χ1v) is 9.52. The van der Waals surface area contributed by atoms with Gasteiger partial charge >= 0.3 is 0 Å². The Hall–Kier alpha value is -1.84. The summed E-state index contributed by atoms with van der Waals surface area (Å²) in [6, 6.07) is 7.36. The Morgan fingerprint density at radius 1 is 1.41 bits per heavy atom.